The topological polar surface area (TPSA) is 105 Å². The Kier molecular flexibility index (Phi) is 3.95. The molecule has 8 heteroatoms. The van der Waals surface area contributed by atoms with Crippen LogP contribution in [-0.2, 0) is 0 Å². The molecule has 8 nitrogen and oxygen atoms in total. The number of hydrogen-bond donors (Lipinski definition) is 0. The van der Waals surface area contributed by atoms with Crippen LogP contribution < -0.4 is 9.64 Å². The first kappa shape index (κ1) is 14.2. The molecule has 0 amide bonds. The first-order chi connectivity index (χ1) is 10.1. The molecule has 0 saturated carbocycles. The number of nitrogens with zero attached hydrogens (tertiary/aromatic N) is 5. The van der Waals surface area contributed by atoms with Gasteiger partial charge in [-0.25, -0.2) is 4.98 Å². The van der Waals surface area contributed by atoms with E-state index >= 15 is 0 Å². The standard InChI is InChI=1S/C13H11N5O3/c1-17(10-5-3-9(7-14)4-6-10)12-11(18(19)20)13(21-2)16-8-15-12/h3-6,8H,1-2H3. The molecule has 106 valence electrons. The second-order valence-corrected chi connectivity index (χ2v) is 4.03. The van der Waals surface area contributed by atoms with Crippen LogP contribution >= 0.6 is 0 Å². The minimum atomic E-state index is -0.589. The molecule has 0 N–H and O–H groups in total. The van der Waals surface area contributed by atoms with Gasteiger partial charge in [0.15, 0.2) is 0 Å². The highest BCUT2D eigenvalue weighted by Crippen LogP contribution is 2.35. The molecule has 2 aromatic rings. The van der Waals surface area contributed by atoms with Gasteiger partial charge in [0, 0.05) is 12.7 Å². The Morgan fingerprint density at radius 1 is 1.33 bits per heavy atom. The van der Waals surface area contributed by atoms with Crippen molar-refractivity contribution in [2.45, 2.75) is 0 Å². The van der Waals surface area contributed by atoms with Crippen LogP contribution in [0.25, 0.3) is 0 Å². The van der Waals surface area contributed by atoms with Gasteiger partial charge in [-0.05, 0) is 24.3 Å². The summed E-state index contributed by atoms with van der Waals surface area (Å²) in [6.07, 6.45) is 1.20. The summed E-state index contributed by atoms with van der Waals surface area (Å²) in [4.78, 5) is 19.8. The Hall–Kier alpha value is -3.21. The molecule has 0 unspecified atom stereocenters. The van der Waals surface area contributed by atoms with Gasteiger partial charge < -0.3 is 9.64 Å². The summed E-state index contributed by atoms with van der Waals surface area (Å²) in [6.45, 7) is 0. The number of aromatic nitrogens is 2. The summed E-state index contributed by atoms with van der Waals surface area (Å²) in [5.74, 6) is 0.00190. The number of nitriles is 1. The molecule has 0 saturated heterocycles. The van der Waals surface area contributed by atoms with Crippen LogP contribution in [0.4, 0.5) is 17.2 Å². The Balaban J connectivity index is 2.49. The van der Waals surface area contributed by atoms with E-state index in [4.69, 9.17) is 10.00 Å². The highest BCUT2D eigenvalue weighted by Gasteiger charge is 2.26. The van der Waals surface area contributed by atoms with Gasteiger partial charge in [0.05, 0.1) is 23.7 Å². The third kappa shape index (κ3) is 2.71. The molecule has 2 rings (SSSR count). The van der Waals surface area contributed by atoms with Crippen LogP contribution in [0.3, 0.4) is 0 Å². The molecule has 0 fully saturated rings. The van der Waals surface area contributed by atoms with Gasteiger partial charge in [-0.2, -0.15) is 10.2 Å². The summed E-state index contributed by atoms with van der Waals surface area (Å²) < 4.78 is 4.91. The molecule has 0 aliphatic rings. The predicted octanol–water partition coefficient (Wildman–Crippen LogP) is 2.03. The van der Waals surface area contributed by atoms with Crippen molar-refractivity contribution in [3.63, 3.8) is 0 Å². The molecule has 0 bridgehead atoms. The highest BCUT2D eigenvalue weighted by atomic mass is 16.6. The highest BCUT2D eigenvalue weighted by molar-refractivity contribution is 5.70. The minimum absolute atomic E-state index is 0.106. The van der Waals surface area contributed by atoms with E-state index in [1.54, 1.807) is 31.3 Å². The average molecular weight is 285 g/mol. The Bertz CT molecular complexity index is 709. The zero-order chi connectivity index (χ0) is 15.4. The normalized spacial score (nSPS) is 9.76. The molecule has 0 spiro atoms. The lowest BCUT2D eigenvalue weighted by Crippen LogP contribution is -2.14. The molecule has 0 radical (unpaired) electrons. The molecule has 21 heavy (non-hydrogen) atoms. The van der Waals surface area contributed by atoms with E-state index in [1.165, 1.54) is 18.3 Å². The molecule has 1 heterocycles. The smallest absolute Gasteiger partial charge is 0.373 e. The molecular weight excluding hydrogens is 274 g/mol. The first-order valence-corrected chi connectivity index (χ1v) is 5.85. The van der Waals surface area contributed by atoms with Gasteiger partial charge in [-0.15, -0.1) is 0 Å². The van der Waals surface area contributed by atoms with Crippen LogP contribution in [0.2, 0.25) is 0 Å². The lowest BCUT2D eigenvalue weighted by atomic mass is 10.2. The summed E-state index contributed by atoms with van der Waals surface area (Å²) in [5.41, 5.74) is 0.839. The van der Waals surface area contributed by atoms with E-state index in [9.17, 15) is 10.1 Å². The zero-order valence-corrected chi connectivity index (χ0v) is 11.3. The van der Waals surface area contributed by atoms with Crippen molar-refractivity contribution in [3.05, 3.63) is 46.3 Å². The van der Waals surface area contributed by atoms with Gasteiger partial charge in [0.25, 0.3) is 5.88 Å². The molecular formula is C13H11N5O3. The number of rotatable bonds is 4. The minimum Gasteiger partial charge on any atom is -0.476 e. The fraction of sp³-hybridized carbons (Fsp3) is 0.154. The molecule has 0 aliphatic carbocycles. The number of nitro groups is 1. The third-order valence-electron chi connectivity index (χ3n) is 2.85. The van der Waals surface area contributed by atoms with Crippen LogP contribution in [0, 0.1) is 21.4 Å². The van der Waals surface area contributed by atoms with E-state index in [0.717, 1.165) is 0 Å². The summed E-state index contributed by atoms with van der Waals surface area (Å²) in [5, 5.41) is 20.0. The van der Waals surface area contributed by atoms with Crippen LogP contribution in [0.1, 0.15) is 5.56 Å². The van der Waals surface area contributed by atoms with E-state index < -0.39 is 4.92 Å². The molecule has 0 atom stereocenters. The van der Waals surface area contributed by atoms with Gasteiger partial charge in [-0.1, -0.05) is 0 Å². The fourth-order valence-corrected chi connectivity index (χ4v) is 1.79. The molecule has 0 aliphatic heterocycles. The van der Waals surface area contributed by atoms with E-state index in [2.05, 4.69) is 9.97 Å². The summed E-state index contributed by atoms with van der Waals surface area (Å²) in [7, 11) is 2.94. The SMILES string of the molecule is COc1ncnc(N(C)c2ccc(C#N)cc2)c1[N+](=O)[O-]. The monoisotopic (exact) mass is 285 g/mol. The Morgan fingerprint density at radius 3 is 2.52 bits per heavy atom. The van der Waals surface area contributed by atoms with Crippen molar-refractivity contribution in [1.29, 1.82) is 5.26 Å². The second kappa shape index (κ2) is 5.83. The van der Waals surface area contributed by atoms with Gasteiger partial charge in [-0.3, -0.25) is 10.1 Å². The van der Waals surface area contributed by atoms with E-state index in [0.29, 0.717) is 11.3 Å². The first-order valence-electron chi connectivity index (χ1n) is 5.85. The molecule has 1 aromatic heterocycles. The van der Waals surface area contributed by atoms with Crippen molar-refractivity contribution in [2.24, 2.45) is 0 Å². The maximum absolute atomic E-state index is 11.2. The van der Waals surface area contributed by atoms with Crippen molar-refractivity contribution in [3.8, 4) is 11.9 Å². The summed E-state index contributed by atoms with van der Waals surface area (Å²) >= 11 is 0. The lowest BCUT2D eigenvalue weighted by molar-refractivity contribution is -0.385. The molecule has 1 aromatic carbocycles. The van der Waals surface area contributed by atoms with Gasteiger partial charge >= 0.3 is 5.69 Å². The van der Waals surface area contributed by atoms with E-state index in [1.807, 2.05) is 6.07 Å². The largest absolute Gasteiger partial charge is 0.476 e. The third-order valence-corrected chi connectivity index (χ3v) is 2.85. The Labute approximate surface area is 120 Å². The number of methoxy groups -OCH3 is 1. The number of hydrogen-bond acceptors (Lipinski definition) is 7. The van der Waals surface area contributed by atoms with Gasteiger partial charge in [0.2, 0.25) is 5.82 Å². The predicted molar refractivity (Wildman–Crippen MR) is 74.5 cm³/mol. The number of ether oxygens (including phenoxy) is 1. The average Bonchev–Trinajstić information content (AvgIpc) is 2.53. The maximum atomic E-state index is 11.2. The van der Waals surface area contributed by atoms with Crippen molar-refractivity contribution in [1.82, 2.24) is 9.97 Å². The van der Waals surface area contributed by atoms with Gasteiger partial charge in [0.1, 0.15) is 6.33 Å². The van der Waals surface area contributed by atoms with Crippen LogP contribution in [0.5, 0.6) is 5.88 Å². The van der Waals surface area contributed by atoms with Crippen LogP contribution in [-0.4, -0.2) is 29.0 Å². The Morgan fingerprint density at radius 2 is 2.00 bits per heavy atom. The maximum Gasteiger partial charge on any atom is 0.373 e. The van der Waals surface area contributed by atoms with Crippen molar-refractivity contribution < 1.29 is 9.66 Å². The quantitative estimate of drug-likeness (QED) is 0.625. The van der Waals surface area contributed by atoms with Crippen LogP contribution in [0.15, 0.2) is 30.6 Å². The zero-order valence-electron chi connectivity index (χ0n) is 11.3. The van der Waals surface area contributed by atoms with E-state index in [-0.39, 0.29) is 17.4 Å². The fourth-order valence-electron chi connectivity index (χ4n) is 1.79. The second-order valence-electron chi connectivity index (χ2n) is 4.03. The van der Waals surface area contributed by atoms with Crippen molar-refractivity contribution in [2.75, 3.05) is 19.1 Å². The number of benzene rings is 1. The lowest BCUT2D eigenvalue weighted by Gasteiger charge is -2.18. The van der Waals surface area contributed by atoms with Crippen molar-refractivity contribution >= 4 is 17.2 Å². The number of anilines is 2. The summed E-state index contributed by atoms with van der Waals surface area (Å²) in [6, 6.07) is 8.61.